The third-order valence-electron chi connectivity index (χ3n) is 2.48. The van der Waals surface area contributed by atoms with Gasteiger partial charge in [0.05, 0.1) is 6.54 Å². The summed E-state index contributed by atoms with van der Waals surface area (Å²) in [4.78, 5) is 11.4. The number of carbonyl (C=O) groups is 1. The quantitative estimate of drug-likeness (QED) is 0.755. The molecule has 2 amide bonds. The summed E-state index contributed by atoms with van der Waals surface area (Å²) in [6, 6.07) is 7.46. The Bertz CT molecular complexity index is 380. The van der Waals surface area contributed by atoms with Crippen molar-refractivity contribution in [1.82, 2.24) is 10.6 Å². The highest BCUT2D eigenvalue weighted by molar-refractivity contribution is 9.10. The second-order valence-corrected chi connectivity index (χ2v) is 5.58. The summed E-state index contributed by atoms with van der Waals surface area (Å²) in [6.45, 7) is 5.91. The van der Waals surface area contributed by atoms with Crippen LogP contribution in [0.25, 0.3) is 0 Å². The van der Waals surface area contributed by atoms with Gasteiger partial charge in [-0.2, -0.15) is 0 Å². The Labute approximate surface area is 123 Å². The molecule has 0 fully saturated rings. The smallest absolute Gasteiger partial charge is 0.314 e. The molecule has 0 heterocycles. The molecular formula is C14H21BrN2O2. The number of halogens is 1. The topological polar surface area (TPSA) is 50.4 Å². The Morgan fingerprint density at radius 2 is 1.84 bits per heavy atom. The lowest BCUT2D eigenvalue weighted by atomic mass is 10.1. The second-order valence-electron chi connectivity index (χ2n) is 4.67. The fourth-order valence-corrected chi connectivity index (χ4v) is 1.67. The van der Waals surface area contributed by atoms with Crippen LogP contribution in [0.1, 0.15) is 20.3 Å². The van der Waals surface area contributed by atoms with Crippen LogP contribution >= 0.6 is 15.9 Å². The molecule has 1 rings (SSSR count). The highest BCUT2D eigenvalue weighted by atomic mass is 79.9. The highest BCUT2D eigenvalue weighted by Gasteiger charge is 2.00. The third-order valence-corrected chi connectivity index (χ3v) is 3.01. The Hall–Kier alpha value is -1.23. The summed E-state index contributed by atoms with van der Waals surface area (Å²) in [5.74, 6) is 1.39. The first-order valence-corrected chi connectivity index (χ1v) is 7.27. The Morgan fingerprint density at radius 3 is 2.47 bits per heavy atom. The van der Waals surface area contributed by atoms with Gasteiger partial charge < -0.3 is 15.4 Å². The molecule has 0 saturated carbocycles. The highest BCUT2D eigenvalue weighted by Crippen LogP contribution is 2.15. The number of nitrogens with one attached hydrogen (secondary N) is 2. The molecule has 0 aliphatic heterocycles. The molecule has 0 aliphatic rings. The molecule has 106 valence electrons. The number of ether oxygens (including phenoxy) is 1. The van der Waals surface area contributed by atoms with Crippen molar-refractivity contribution < 1.29 is 9.53 Å². The lowest BCUT2D eigenvalue weighted by Gasteiger charge is -2.10. The summed E-state index contributed by atoms with van der Waals surface area (Å²) < 4.78 is 6.51. The zero-order valence-electron chi connectivity index (χ0n) is 11.4. The summed E-state index contributed by atoms with van der Waals surface area (Å²) >= 11 is 3.36. The van der Waals surface area contributed by atoms with Crippen molar-refractivity contribution in [2.45, 2.75) is 20.3 Å². The molecule has 0 saturated heterocycles. The molecule has 0 spiro atoms. The van der Waals surface area contributed by atoms with E-state index in [0.29, 0.717) is 25.6 Å². The van der Waals surface area contributed by atoms with E-state index in [4.69, 9.17) is 4.74 Å². The lowest BCUT2D eigenvalue weighted by molar-refractivity contribution is 0.236. The van der Waals surface area contributed by atoms with Gasteiger partial charge >= 0.3 is 6.03 Å². The summed E-state index contributed by atoms with van der Waals surface area (Å²) in [6.07, 6.45) is 0.989. The number of carbonyl (C=O) groups excluding carboxylic acids is 1. The number of hydrogen-bond donors (Lipinski definition) is 2. The van der Waals surface area contributed by atoms with Crippen LogP contribution < -0.4 is 15.4 Å². The van der Waals surface area contributed by atoms with Crippen LogP contribution in [0.2, 0.25) is 0 Å². The molecule has 0 aromatic heterocycles. The van der Waals surface area contributed by atoms with Gasteiger partial charge in [-0.25, -0.2) is 4.79 Å². The van der Waals surface area contributed by atoms with Crippen molar-refractivity contribution >= 4 is 22.0 Å². The molecule has 4 nitrogen and oxygen atoms in total. The molecule has 2 N–H and O–H groups in total. The minimum atomic E-state index is -0.139. The van der Waals surface area contributed by atoms with Gasteiger partial charge in [0.25, 0.3) is 0 Å². The Morgan fingerprint density at radius 1 is 1.21 bits per heavy atom. The number of rotatable bonds is 7. The maximum atomic E-state index is 11.4. The van der Waals surface area contributed by atoms with E-state index >= 15 is 0 Å². The van der Waals surface area contributed by atoms with Crippen LogP contribution in [0.15, 0.2) is 28.7 Å². The van der Waals surface area contributed by atoms with E-state index in [1.165, 1.54) is 0 Å². The Kier molecular flexibility index (Phi) is 7.33. The molecule has 0 bridgehead atoms. The van der Waals surface area contributed by atoms with Gasteiger partial charge in [0.2, 0.25) is 0 Å². The van der Waals surface area contributed by atoms with E-state index in [0.717, 1.165) is 16.6 Å². The Balaban J connectivity index is 2.07. The van der Waals surface area contributed by atoms with Gasteiger partial charge in [0, 0.05) is 11.0 Å². The van der Waals surface area contributed by atoms with Crippen molar-refractivity contribution in [3.05, 3.63) is 28.7 Å². The minimum Gasteiger partial charge on any atom is -0.492 e. The van der Waals surface area contributed by atoms with Crippen molar-refractivity contribution in [1.29, 1.82) is 0 Å². The maximum Gasteiger partial charge on any atom is 0.314 e. The van der Waals surface area contributed by atoms with Gasteiger partial charge in [-0.1, -0.05) is 29.8 Å². The van der Waals surface area contributed by atoms with Crippen LogP contribution in [-0.2, 0) is 0 Å². The number of benzene rings is 1. The standard InChI is InChI=1S/C14H21BrN2O2/c1-11(2)7-8-16-14(18)17-9-10-19-13-5-3-12(15)4-6-13/h3-6,11H,7-10H2,1-2H3,(H2,16,17,18). The number of amides is 2. The predicted molar refractivity (Wildman–Crippen MR) is 80.5 cm³/mol. The molecule has 5 heteroatoms. The minimum absolute atomic E-state index is 0.139. The second kappa shape index (κ2) is 8.80. The van der Waals surface area contributed by atoms with Gasteiger partial charge in [-0.3, -0.25) is 0 Å². The van der Waals surface area contributed by atoms with Crippen molar-refractivity contribution in [2.24, 2.45) is 5.92 Å². The van der Waals surface area contributed by atoms with E-state index < -0.39 is 0 Å². The van der Waals surface area contributed by atoms with Crippen molar-refractivity contribution in [2.75, 3.05) is 19.7 Å². The fourth-order valence-electron chi connectivity index (χ4n) is 1.40. The predicted octanol–water partition coefficient (Wildman–Crippen LogP) is 3.17. The van der Waals surface area contributed by atoms with Crippen LogP contribution in [0.5, 0.6) is 5.75 Å². The number of urea groups is 1. The largest absolute Gasteiger partial charge is 0.492 e. The van der Waals surface area contributed by atoms with Crippen LogP contribution in [0.4, 0.5) is 4.79 Å². The molecule has 0 radical (unpaired) electrons. The first-order valence-electron chi connectivity index (χ1n) is 6.48. The average Bonchev–Trinajstić information content (AvgIpc) is 2.36. The first-order chi connectivity index (χ1) is 9.08. The molecule has 0 aliphatic carbocycles. The van der Waals surface area contributed by atoms with E-state index in [1.54, 1.807) is 0 Å². The third kappa shape index (κ3) is 7.72. The van der Waals surface area contributed by atoms with Gasteiger partial charge in [-0.05, 0) is 36.6 Å². The lowest BCUT2D eigenvalue weighted by Crippen LogP contribution is -2.38. The summed E-state index contributed by atoms with van der Waals surface area (Å²) in [5.41, 5.74) is 0. The van der Waals surface area contributed by atoms with Crippen LogP contribution in [0.3, 0.4) is 0 Å². The van der Waals surface area contributed by atoms with E-state index in [9.17, 15) is 4.79 Å². The van der Waals surface area contributed by atoms with E-state index in [-0.39, 0.29) is 6.03 Å². The maximum absolute atomic E-state index is 11.4. The van der Waals surface area contributed by atoms with Crippen LogP contribution in [0, 0.1) is 5.92 Å². The normalized spacial score (nSPS) is 10.3. The summed E-state index contributed by atoms with van der Waals surface area (Å²) in [7, 11) is 0. The molecule has 0 unspecified atom stereocenters. The molecular weight excluding hydrogens is 308 g/mol. The fraction of sp³-hybridized carbons (Fsp3) is 0.500. The van der Waals surface area contributed by atoms with Crippen LogP contribution in [-0.4, -0.2) is 25.7 Å². The van der Waals surface area contributed by atoms with Crippen molar-refractivity contribution in [3.63, 3.8) is 0 Å². The monoisotopic (exact) mass is 328 g/mol. The van der Waals surface area contributed by atoms with Gasteiger partial charge in [0.1, 0.15) is 12.4 Å². The van der Waals surface area contributed by atoms with Gasteiger partial charge in [-0.15, -0.1) is 0 Å². The zero-order valence-corrected chi connectivity index (χ0v) is 13.0. The van der Waals surface area contributed by atoms with E-state index in [1.807, 2.05) is 24.3 Å². The first kappa shape index (κ1) is 15.8. The molecule has 1 aromatic carbocycles. The molecule has 0 atom stereocenters. The SMILES string of the molecule is CC(C)CCNC(=O)NCCOc1ccc(Br)cc1. The zero-order chi connectivity index (χ0) is 14.1. The summed E-state index contributed by atoms with van der Waals surface area (Å²) in [5, 5.41) is 5.56. The van der Waals surface area contributed by atoms with E-state index in [2.05, 4.69) is 40.4 Å². The molecule has 1 aromatic rings. The number of hydrogen-bond acceptors (Lipinski definition) is 2. The van der Waals surface area contributed by atoms with Gasteiger partial charge in [0.15, 0.2) is 0 Å². The molecule has 19 heavy (non-hydrogen) atoms. The van der Waals surface area contributed by atoms with Crippen molar-refractivity contribution in [3.8, 4) is 5.75 Å². The average molecular weight is 329 g/mol.